The van der Waals surface area contributed by atoms with Crippen LogP contribution in [0.25, 0.3) is 0 Å². The van der Waals surface area contributed by atoms with E-state index in [0.717, 1.165) is 11.4 Å². The smallest absolute Gasteiger partial charge is 0.119 e. The minimum atomic E-state index is 0.543. The molecule has 0 bridgehead atoms. The average molecular weight is 464 g/mol. The van der Waals surface area contributed by atoms with Crippen molar-refractivity contribution in [2.45, 2.75) is 65.8 Å². The van der Waals surface area contributed by atoms with Crippen molar-refractivity contribution in [3.05, 3.63) is 95.1 Å². The topological polar surface area (TPSA) is 87.3 Å². The molecule has 34 heavy (non-hydrogen) atoms. The lowest BCUT2D eigenvalue weighted by molar-refractivity contribution is 0.328. The van der Waals surface area contributed by atoms with E-state index < -0.39 is 0 Å². The maximum absolute atomic E-state index is 5.60. The summed E-state index contributed by atoms with van der Waals surface area (Å²) in [5.41, 5.74) is 22.5. The second-order valence-electron chi connectivity index (χ2n) is 9.29. The second kappa shape index (κ2) is 15.9. The third-order valence-corrected chi connectivity index (χ3v) is 5.34. The van der Waals surface area contributed by atoms with Gasteiger partial charge in [0, 0.05) is 18.8 Å². The molecule has 3 aromatic carbocycles. The maximum Gasteiger partial charge on any atom is 0.119 e. The molecule has 0 aromatic heterocycles. The standard InChI is InChI=1S/C11H17NO.C10H15N.C9H13N/c1-9(2)10-4-3-5-11(8-10)13-7-6-12;1-8(2)10-5-3-4-9(6-10)7-11;1-7(2)8-4-3-5-9(10)6-8/h3-5,8-9H,6-7,12H2,1-2H3;3-6,8H,7,11H2,1-2H3;3-7H,10H2,1-2H3. The molecule has 0 radical (unpaired) electrons. The van der Waals surface area contributed by atoms with Gasteiger partial charge in [-0.3, -0.25) is 0 Å². The fraction of sp³-hybridized carbons (Fsp3) is 0.400. The molecule has 3 rings (SSSR count). The molecule has 0 saturated carbocycles. The van der Waals surface area contributed by atoms with E-state index in [1.165, 1.54) is 22.3 Å². The Morgan fingerprint density at radius 2 is 1.15 bits per heavy atom. The number of hydrogen-bond acceptors (Lipinski definition) is 4. The molecule has 0 unspecified atom stereocenters. The molecule has 0 amide bonds. The van der Waals surface area contributed by atoms with Crippen LogP contribution < -0.4 is 21.9 Å². The minimum absolute atomic E-state index is 0.543. The van der Waals surface area contributed by atoms with Crippen molar-refractivity contribution >= 4 is 5.69 Å². The summed E-state index contributed by atoms with van der Waals surface area (Å²) in [4.78, 5) is 0. The van der Waals surface area contributed by atoms with Gasteiger partial charge >= 0.3 is 0 Å². The van der Waals surface area contributed by atoms with Crippen LogP contribution >= 0.6 is 0 Å². The van der Waals surface area contributed by atoms with Crippen LogP contribution in [0.1, 0.15) is 81.5 Å². The lowest BCUT2D eigenvalue weighted by atomic mass is 10.0. The summed E-state index contributed by atoms with van der Waals surface area (Å²) < 4.78 is 5.42. The summed E-state index contributed by atoms with van der Waals surface area (Å²) in [6.45, 7) is 14.8. The third kappa shape index (κ3) is 11.4. The van der Waals surface area contributed by atoms with E-state index in [2.05, 4.69) is 84.0 Å². The Balaban J connectivity index is 0.000000257. The summed E-state index contributed by atoms with van der Waals surface area (Å²) in [5.74, 6) is 2.63. The number of benzene rings is 3. The molecule has 0 atom stereocenters. The predicted octanol–water partition coefficient (Wildman–Crippen LogP) is 6.81. The molecule has 0 saturated heterocycles. The second-order valence-corrected chi connectivity index (χ2v) is 9.29. The summed E-state index contributed by atoms with van der Waals surface area (Å²) in [5, 5.41) is 0. The van der Waals surface area contributed by atoms with Gasteiger partial charge in [0.05, 0.1) is 0 Å². The Morgan fingerprint density at radius 3 is 1.62 bits per heavy atom. The van der Waals surface area contributed by atoms with Gasteiger partial charge in [0.15, 0.2) is 0 Å². The van der Waals surface area contributed by atoms with Gasteiger partial charge in [-0.2, -0.15) is 0 Å². The molecular formula is C30H45N3O. The summed E-state index contributed by atoms with van der Waals surface area (Å²) >= 11 is 0. The van der Waals surface area contributed by atoms with Crippen molar-refractivity contribution in [2.75, 3.05) is 18.9 Å². The molecule has 186 valence electrons. The van der Waals surface area contributed by atoms with Gasteiger partial charge in [0.25, 0.3) is 0 Å². The number of rotatable bonds is 7. The van der Waals surface area contributed by atoms with Crippen LogP contribution in [0, 0.1) is 0 Å². The number of nitrogens with two attached hydrogens (primary N) is 3. The zero-order valence-corrected chi connectivity index (χ0v) is 21.9. The Labute approximate surface area is 207 Å². The van der Waals surface area contributed by atoms with E-state index in [-0.39, 0.29) is 0 Å². The molecule has 4 nitrogen and oxygen atoms in total. The fourth-order valence-electron chi connectivity index (χ4n) is 3.14. The highest BCUT2D eigenvalue weighted by molar-refractivity contribution is 5.41. The van der Waals surface area contributed by atoms with Crippen LogP contribution in [0.3, 0.4) is 0 Å². The third-order valence-electron chi connectivity index (χ3n) is 5.34. The molecule has 3 aromatic rings. The van der Waals surface area contributed by atoms with Crippen molar-refractivity contribution in [1.29, 1.82) is 0 Å². The van der Waals surface area contributed by atoms with Crippen LogP contribution in [-0.4, -0.2) is 13.2 Å². The van der Waals surface area contributed by atoms with Gasteiger partial charge in [-0.05, 0) is 64.3 Å². The van der Waals surface area contributed by atoms with Gasteiger partial charge in [-0.25, -0.2) is 0 Å². The molecule has 0 spiro atoms. The molecule has 0 heterocycles. The fourth-order valence-corrected chi connectivity index (χ4v) is 3.14. The highest BCUT2D eigenvalue weighted by Gasteiger charge is 2.00. The zero-order chi connectivity index (χ0) is 25.5. The summed E-state index contributed by atoms with van der Waals surface area (Å²) in [6, 6.07) is 24.6. The van der Waals surface area contributed by atoms with E-state index in [9.17, 15) is 0 Å². The Morgan fingerprint density at radius 1 is 0.647 bits per heavy atom. The molecule has 0 aliphatic heterocycles. The molecule has 6 N–H and O–H groups in total. The molecule has 0 aliphatic carbocycles. The first-order valence-electron chi connectivity index (χ1n) is 12.2. The monoisotopic (exact) mass is 463 g/mol. The number of anilines is 1. The average Bonchev–Trinajstić information content (AvgIpc) is 2.83. The first-order chi connectivity index (χ1) is 16.2. The molecular weight excluding hydrogens is 418 g/mol. The van der Waals surface area contributed by atoms with Crippen molar-refractivity contribution < 1.29 is 4.74 Å². The molecule has 0 aliphatic rings. The van der Waals surface area contributed by atoms with Crippen LogP contribution in [0.15, 0.2) is 72.8 Å². The predicted molar refractivity (Wildman–Crippen MR) is 148 cm³/mol. The van der Waals surface area contributed by atoms with Gasteiger partial charge in [-0.15, -0.1) is 0 Å². The van der Waals surface area contributed by atoms with Gasteiger partial charge < -0.3 is 21.9 Å². The number of ether oxygens (including phenoxy) is 1. The van der Waals surface area contributed by atoms with Gasteiger partial charge in [0.2, 0.25) is 0 Å². The Bertz CT molecular complexity index is 951. The quantitative estimate of drug-likeness (QED) is 0.336. The van der Waals surface area contributed by atoms with E-state index in [1.54, 1.807) is 0 Å². The van der Waals surface area contributed by atoms with E-state index >= 15 is 0 Å². The highest BCUT2D eigenvalue weighted by atomic mass is 16.5. The van der Waals surface area contributed by atoms with Gasteiger partial charge in [0.1, 0.15) is 12.4 Å². The van der Waals surface area contributed by atoms with Crippen LogP contribution in [0.4, 0.5) is 5.69 Å². The van der Waals surface area contributed by atoms with Crippen molar-refractivity contribution in [1.82, 2.24) is 0 Å². The maximum atomic E-state index is 5.60. The van der Waals surface area contributed by atoms with E-state index in [0.29, 0.717) is 37.5 Å². The molecule has 0 fully saturated rings. The lowest BCUT2D eigenvalue weighted by Gasteiger charge is -2.08. The zero-order valence-electron chi connectivity index (χ0n) is 21.9. The normalized spacial score (nSPS) is 10.4. The number of nitrogen functional groups attached to an aromatic ring is 1. The SMILES string of the molecule is CC(C)c1cccc(CN)c1.CC(C)c1cccc(N)c1.CC(C)c1cccc(OCCN)c1. The van der Waals surface area contributed by atoms with Crippen LogP contribution in [0.5, 0.6) is 5.75 Å². The minimum Gasteiger partial charge on any atom is -0.492 e. The van der Waals surface area contributed by atoms with E-state index in [4.69, 9.17) is 21.9 Å². The van der Waals surface area contributed by atoms with Crippen LogP contribution in [-0.2, 0) is 6.54 Å². The van der Waals surface area contributed by atoms with Crippen molar-refractivity contribution in [3.8, 4) is 5.75 Å². The first kappa shape index (κ1) is 29.2. The summed E-state index contributed by atoms with van der Waals surface area (Å²) in [7, 11) is 0. The van der Waals surface area contributed by atoms with E-state index in [1.807, 2.05) is 30.3 Å². The van der Waals surface area contributed by atoms with Crippen molar-refractivity contribution in [2.24, 2.45) is 11.5 Å². The first-order valence-corrected chi connectivity index (χ1v) is 12.2. The molecule has 4 heteroatoms. The van der Waals surface area contributed by atoms with Gasteiger partial charge in [-0.1, -0.05) is 90.1 Å². The lowest BCUT2D eigenvalue weighted by Crippen LogP contribution is -2.10. The van der Waals surface area contributed by atoms with Crippen LogP contribution in [0.2, 0.25) is 0 Å². The Kier molecular flexibility index (Phi) is 13.7. The Hall–Kier alpha value is -2.82. The largest absolute Gasteiger partial charge is 0.492 e. The van der Waals surface area contributed by atoms with Crippen molar-refractivity contribution in [3.63, 3.8) is 0 Å². The number of hydrogen-bond donors (Lipinski definition) is 3. The highest BCUT2D eigenvalue weighted by Crippen LogP contribution is 2.20. The summed E-state index contributed by atoms with van der Waals surface area (Å²) in [6.07, 6.45) is 0.